The predicted octanol–water partition coefficient (Wildman–Crippen LogP) is 3.26. The highest BCUT2D eigenvalue weighted by atomic mass is 16.3. The summed E-state index contributed by atoms with van der Waals surface area (Å²) >= 11 is 0. The van der Waals surface area contributed by atoms with E-state index >= 15 is 0 Å². The van der Waals surface area contributed by atoms with Crippen molar-refractivity contribution < 1.29 is 9.21 Å². The first-order chi connectivity index (χ1) is 10.7. The molecule has 6 nitrogen and oxygen atoms in total. The number of carbonyl (C=O) groups excluding carboxylic acids is 1. The monoisotopic (exact) mass is 302 g/mol. The van der Waals surface area contributed by atoms with Crippen LogP contribution in [0.2, 0.25) is 0 Å². The Hall–Kier alpha value is -2.24. The Morgan fingerprint density at radius 3 is 2.91 bits per heavy atom. The van der Waals surface area contributed by atoms with Gasteiger partial charge in [0.05, 0.1) is 12.2 Å². The number of urea groups is 1. The van der Waals surface area contributed by atoms with Gasteiger partial charge in [0.2, 0.25) is 0 Å². The molecular formula is C16H22N4O2. The second-order valence-electron chi connectivity index (χ2n) is 5.74. The average Bonchev–Trinajstić information content (AvgIpc) is 3.20. The van der Waals surface area contributed by atoms with Crippen molar-refractivity contribution in [1.82, 2.24) is 15.1 Å². The second kappa shape index (κ2) is 6.68. The van der Waals surface area contributed by atoms with Crippen LogP contribution in [0, 0.1) is 6.92 Å². The van der Waals surface area contributed by atoms with Crippen LogP contribution in [0.25, 0.3) is 0 Å². The molecule has 118 valence electrons. The molecule has 2 aromatic heterocycles. The molecule has 2 aromatic rings. The fraction of sp³-hybridized carbons (Fsp3) is 0.500. The van der Waals surface area contributed by atoms with Crippen LogP contribution in [0.1, 0.15) is 43.2 Å². The van der Waals surface area contributed by atoms with E-state index in [1.54, 1.807) is 6.20 Å². The summed E-state index contributed by atoms with van der Waals surface area (Å²) in [6, 6.07) is 5.91. The first kappa shape index (κ1) is 14.7. The number of carbonyl (C=O) groups is 1. The summed E-state index contributed by atoms with van der Waals surface area (Å²) in [6.45, 7) is 2.45. The Labute approximate surface area is 129 Å². The molecule has 1 fully saturated rings. The normalized spacial score (nSPS) is 15.1. The third-order valence-electron chi connectivity index (χ3n) is 4.04. The number of aromatic nitrogens is 2. The molecule has 3 rings (SSSR count). The van der Waals surface area contributed by atoms with Crippen LogP contribution in [0.15, 0.2) is 28.8 Å². The van der Waals surface area contributed by atoms with Crippen molar-refractivity contribution >= 4 is 11.8 Å². The Kier molecular flexibility index (Phi) is 4.46. The van der Waals surface area contributed by atoms with Gasteiger partial charge in [0.1, 0.15) is 17.3 Å². The molecule has 0 unspecified atom stereocenters. The molecule has 0 spiro atoms. The minimum Gasteiger partial charge on any atom is -0.466 e. The SMILES string of the molecule is Cc1ccc(CCNC(=O)Nc2ccnn2C2CCCC2)o1. The first-order valence-electron chi connectivity index (χ1n) is 7.86. The van der Waals surface area contributed by atoms with E-state index < -0.39 is 0 Å². The average molecular weight is 302 g/mol. The van der Waals surface area contributed by atoms with Crippen LogP contribution in [-0.2, 0) is 6.42 Å². The molecule has 0 aliphatic heterocycles. The highest BCUT2D eigenvalue weighted by molar-refractivity contribution is 5.88. The second-order valence-corrected chi connectivity index (χ2v) is 5.74. The van der Waals surface area contributed by atoms with E-state index in [-0.39, 0.29) is 6.03 Å². The number of furan rings is 1. The van der Waals surface area contributed by atoms with Crippen LogP contribution in [-0.4, -0.2) is 22.4 Å². The Morgan fingerprint density at radius 2 is 2.18 bits per heavy atom. The standard InChI is InChI=1S/C16H22N4O2/c1-12-6-7-14(22-12)8-10-17-16(21)19-15-9-11-18-20(15)13-4-2-3-5-13/h6-7,9,11,13H,2-5,8,10H2,1H3,(H2,17,19,21). The summed E-state index contributed by atoms with van der Waals surface area (Å²) in [7, 11) is 0. The van der Waals surface area contributed by atoms with Crippen LogP contribution >= 0.6 is 0 Å². The van der Waals surface area contributed by atoms with Gasteiger partial charge in [-0.25, -0.2) is 9.48 Å². The predicted molar refractivity (Wildman–Crippen MR) is 83.9 cm³/mol. The lowest BCUT2D eigenvalue weighted by Crippen LogP contribution is -2.31. The van der Waals surface area contributed by atoms with Gasteiger partial charge >= 0.3 is 6.03 Å². The minimum atomic E-state index is -0.206. The molecule has 0 radical (unpaired) electrons. The number of hydrogen-bond donors (Lipinski definition) is 2. The molecule has 2 N–H and O–H groups in total. The van der Waals surface area contributed by atoms with E-state index in [1.807, 2.05) is 29.8 Å². The fourth-order valence-electron chi connectivity index (χ4n) is 2.93. The van der Waals surface area contributed by atoms with Gasteiger partial charge in [-0.3, -0.25) is 5.32 Å². The molecule has 0 aromatic carbocycles. The van der Waals surface area contributed by atoms with Gasteiger partial charge in [-0.1, -0.05) is 12.8 Å². The summed E-state index contributed by atoms with van der Waals surface area (Å²) in [5.41, 5.74) is 0. The topological polar surface area (TPSA) is 72.1 Å². The largest absolute Gasteiger partial charge is 0.466 e. The van der Waals surface area contributed by atoms with E-state index in [4.69, 9.17) is 4.42 Å². The zero-order valence-electron chi connectivity index (χ0n) is 12.8. The maximum absolute atomic E-state index is 12.0. The maximum atomic E-state index is 12.0. The molecule has 2 amide bonds. The molecule has 1 saturated carbocycles. The number of rotatable bonds is 5. The van der Waals surface area contributed by atoms with E-state index in [1.165, 1.54) is 12.8 Å². The van der Waals surface area contributed by atoms with E-state index in [2.05, 4.69) is 15.7 Å². The minimum absolute atomic E-state index is 0.206. The van der Waals surface area contributed by atoms with Crippen molar-refractivity contribution in [3.05, 3.63) is 35.9 Å². The van der Waals surface area contributed by atoms with Crippen molar-refractivity contribution in [2.24, 2.45) is 0 Å². The molecule has 1 aliphatic rings. The van der Waals surface area contributed by atoms with Gasteiger partial charge in [0.15, 0.2) is 0 Å². The number of nitrogens with one attached hydrogen (secondary N) is 2. The number of amides is 2. The third kappa shape index (κ3) is 3.50. The molecule has 0 atom stereocenters. The van der Waals surface area contributed by atoms with E-state index in [0.29, 0.717) is 19.0 Å². The van der Waals surface area contributed by atoms with Crippen molar-refractivity contribution in [3.8, 4) is 0 Å². The zero-order chi connectivity index (χ0) is 15.4. The van der Waals surface area contributed by atoms with Gasteiger partial charge in [-0.05, 0) is 31.9 Å². The summed E-state index contributed by atoms with van der Waals surface area (Å²) in [5.74, 6) is 2.53. The van der Waals surface area contributed by atoms with Crippen molar-refractivity contribution in [2.75, 3.05) is 11.9 Å². The van der Waals surface area contributed by atoms with Gasteiger partial charge in [-0.15, -0.1) is 0 Å². The summed E-state index contributed by atoms with van der Waals surface area (Å²) in [5, 5.41) is 10.1. The highest BCUT2D eigenvalue weighted by Crippen LogP contribution is 2.31. The lowest BCUT2D eigenvalue weighted by Gasteiger charge is -2.14. The van der Waals surface area contributed by atoms with Crippen LogP contribution < -0.4 is 10.6 Å². The van der Waals surface area contributed by atoms with E-state index in [9.17, 15) is 4.79 Å². The van der Waals surface area contributed by atoms with Gasteiger partial charge < -0.3 is 9.73 Å². The summed E-state index contributed by atoms with van der Waals surface area (Å²) < 4.78 is 7.40. The van der Waals surface area contributed by atoms with Gasteiger partial charge in [0.25, 0.3) is 0 Å². The van der Waals surface area contributed by atoms with Crippen molar-refractivity contribution in [2.45, 2.75) is 45.1 Å². The zero-order valence-corrected chi connectivity index (χ0v) is 12.8. The van der Waals surface area contributed by atoms with Crippen LogP contribution in [0.4, 0.5) is 10.6 Å². The number of aryl methyl sites for hydroxylation is 1. The molecule has 22 heavy (non-hydrogen) atoms. The molecule has 2 heterocycles. The molecule has 0 saturated heterocycles. The fourth-order valence-corrected chi connectivity index (χ4v) is 2.93. The van der Waals surface area contributed by atoms with Crippen molar-refractivity contribution in [3.63, 3.8) is 0 Å². The van der Waals surface area contributed by atoms with Crippen LogP contribution in [0.3, 0.4) is 0 Å². The Bertz CT molecular complexity index is 626. The highest BCUT2D eigenvalue weighted by Gasteiger charge is 2.20. The molecule has 6 heteroatoms. The third-order valence-corrected chi connectivity index (χ3v) is 4.04. The summed E-state index contributed by atoms with van der Waals surface area (Å²) in [4.78, 5) is 12.0. The van der Waals surface area contributed by atoms with Crippen molar-refractivity contribution in [1.29, 1.82) is 0 Å². The summed E-state index contributed by atoms with van der Waals surface area (Å²) in [6.07, 6.45) is 7.16. The number of nitrogens with zero attached hydrogens (tertiary/aromatic N) is 2. The quantitative estimate of drug-likeness (QED) is 0.890. The lowest BCUT2D eigenvalue weighted by atomic mass is 10.2. The van der Waals surface area contributed by atoms with E-state index in [0.717, 1.165) is 30.2 Å². The maximum Gasteiger partial charge on any atom is 0.320 e. The number of anilines is 1. The number of hydrogen-bond acceptors (Lipinski definition) is 3. The van der Waals surface area contributed by atoms with Gasteiger partial charge in [-0.2, -0.15) is 5.10 Å². The molecule has 1 aliphatic carbocycles. The Morgan fingerprint density at radius 1 is 1.36 bits per heavy atom. The van der Waals surface area contributed by atoms with Crippen LogP contribution in [0.5, 0.6) is 0 Å². The lowest BCUT2D eigenvalue weighted by molar-refractivity contribution is 0.251. The molecular weight excluding hydrogens is 280 g/mol. The molecule has 0 bridgehead atoms. The Balaban J connectivity index is 1.48. The van der Waals surface area contributed by atoms with Gasteiger partial charge in [0, 0.05) is 19.0 Å². The smallest absolute Gasteiger partial charge is 0.320 e. The first-order valence-corrected chi connectivity index (χ1v) is 7.86.